The number of nitrogens with zero attached hydrogens (tertiary/aromatic N) is 1. The third-order valence-electron chi connectivity index (χ3n) is 3.72. The number of fused-ring (bicyclic) bond motifs is 1. The highest BCUT2D eigenvalue weighted by Crippen LogP contribution is 2.35. The number of carbonyl (C=O) groups excluding carboxylic acids is 1. The smallest absolute Gasteiger partial charge is 0.410 e. The summed E-state index contributed by atoms with van der Waals surface area (Å²) in [4.78, 5) is 25.4. The standard InChI is InChI=1S/C17H23NO4/c1-16(2,3)22-15(21)18-9-12-11(14(19)20)7-6-8-13(12)17(4,5)10-18/h6-8H,9-10H2,1-5H3,(H,19,20). The number of hydrogen-bond donors (Lipinski definition) is 1. The summed E-state index contributed by atoms with van der Waals surface area (Å²) in [6.07, 6.45) is -0.411. The number of amides is 1. The van der Waals surface area contributed by atoms with Crippen LogP contribution in [0.15, 0.2) is 18.2 Å². The molecule has 0 unspecified atom stereocenters. The number of aromatic carboxylic acids is 1. The first-order valence-electron chi connectivity index (χ1n) is 7.35. The maximum atomic E-state index is 12.3. The molecule has 0 saturated carbocycles. The van der Waals surface area contributed by atoms with Crippen molar-refractivity contribution in [3.63, 3.8) is 0 Å². The van der Waals surface area contributed by atoms with E-state index in [2.05, 4.69) is 0 Å². The predicted octanol–water partition coefficient (Wildman–Crippen LogP) is 3.41. The number of carbonyl (C=O) groups is 2. The van der Waals surface area contributed by atoms with Gasteiger partial charge < -0.3 is 14.7 Å². The highest BCUT2D eigenvalue weighted by molar-refractivity contribution is 5.90. The Morgan fingerprint density at radius 1 is 1.27 bits per heavy atom. The topological polar surface area (TPSA) is 66.8 Å². The second kappa shape index (κ2) is 5.30. The molecule has 5 nitrogen and oxygen atoms in total. The van der Waals surface area contributed by atoms with Gasteiger partial charge in [0.2, 0.25) is 0 Å². The number of ether oxygens (including phenoxy) is 1. The van der Waals surface area contributed by atoms with Crippen LogP contribution in [0, 0.1) is 0 Å². The largest absolute Gasteiger partial charge is 0.478 e. The van der Waals surface area contributed by atoms with E-state index in [9.17, 15) is 14.7 Å². The molecular formula is C17H23NO4. The van der Waals surface area contributed by atoms with Gasteiger partial charge in [-0.15, -0.1) is 0 Å². The van der Waals surface area contributed by atoms with Crippen molar-refractivity contribution in [2.45, 2.75) is 52.2 Å². The molecule has 1 aliphatic rings. The molecule has 0 bridgehead atoms. The Bertz CT molecular complexity index is 614. The Hall–Kier alpha value is -2.04. The molecule has 120 valence electrons. The van der Waals surface area contributed by atoms with Gasteiger partial charge in [0.15, 0.2) is 0 Å². The third kappa shape index (κ3) is 3.24. The number of benzene rings is 1. The van der Waals surface area contributed by atoms with Gasteiger partial charge in [0.1, 0.15) is 5.60 Å². The van der Waals surface area contributed by atoms with Gasteiger partial charge in [0, 0.05) is 12.0 Å². The lowest BCUT2D eigenvalue weighted by Gasteiger charge is -2.40. The van der Waals surface area contributed by atoms with Crippen molar-refractivity contribution in [1.29, 1.82) is 0 Å². The quantitative estimate of drug-likeness (QED) is 0.863. The first kappa shape index (κ1) is 16.3. The average molecular weight is 305 g/mol. The molecule has 1 aromatic carbocycles. The van der Waals surface area contributed by atoms with E-state index in [1.165, 1.54) is 0 Å². The van der Waals surface area contributed by atoms with Gasteiger partial charge in [0.25, 0.3) is 0 Å². The van der Waals surface area contributed by atoms with Crippen LogP contribution in [-0.2, 0) is 16.7 Å². The summed E-state index contributed by atoms with van der Waals surface area (Å²) < 4.78 is 5.43. The number of hydrogen-bond acceptors (Lipinski definition) is 3. The maximum Gasteiger partial charge on any atom is 0.410 e. The minimum absolute atomic E-state index is 0.249. The Labute approximate surface area is 130 Å². The Morgan fingerprint density at radius 2 is 1.91 bits per heavy atom. The molecule has 0 aliphatic carbocycles. The second-order valence-electron chi connectivity index (χ2n) is 7.36. The zero-order valence-corrected chi connectivity index (χ0v) is 13.8. The van der Waals surface area contributed by atoms with E-state index in [1.54, 1.807) is 17.0 Å². The van der Waals surface area contributed by atoms with E-state index in [0.717, 1.165) is 5.56 Å². The molecule has 1 heterocycles. The second-order valence-corrected chi connectivity index (χ2v) is 7.36. The van der Waals surface area contributed by atoms with E-state index in [1.807, 2.05) is 40.7 Å². The normalized spacial score (nSPS) is 16.9. The van der Waals surface area contributed by atoms with E-state index in [0.29, 0.717) is 12.1 Å². The SMILES string of the molecule is CC(C)(C)OC(=O)N1Cc2c(C(=O)O)cccc2C(C)(C)C1. The lowest BCUT2D eigenvalue weighted by molar-refractivity contribution is 0.0171. The van der Waals surface area contributed by atoms with Gasteiger partial charge in [-0.05, 0) is 38.0 Å². The number of rotatable bonds is 1. The van der Waals surface area contributed by atoms with Gasteiger partial charge in [-0.2, -0.15) is 0 Å². The average Bonchev–Trinajstić information content (AvgIpc) is 2.35. The van der Waals surface area contributed by atoms with Gasteiger partial charge in [0.05, 0.1) is 12.1 Å². The van der Waals surface area contributed by atoms with Crippen molar-refractivity contribution < 1.29 is 19.4 Å². The van der Waals surface area contributed by atoms with E-state index >= 15 is 0 Å². The maximum absolute atomic E-state index is 12.3. The third-order valence-corrected chi connectivity index (χ3v) is 3.72. The molecule has 0 spiro atoms. The molecule has 1 N–H and O–H groups in total. The summed E-state index contributed by atoms with van der Waals surface area (Å²) in [5.74, 6) is -0.973. The molecule has 0 radical (unpaired) electrons. The zero-order chi connectivity index (χ0) is 16.7. The molecule has 0 saturated heterocycles. The molecule has 22 heavy (non-hydrogen) atoms. The van der Waals surface area contributed by atoms with Crippen LogP contribution in [0.2, 0.25) is 0 Å². The number of carboxylic acids is 1. The van der Waals surface area contributed by atoms with E-state index in [-0.39, 0.29) is 17.5 Å². The predicted molar refractivity (Wildman–Crippen MR) is 83.1 cm³/mol. The van der Waals surface area contributed by atoms with Crippen LogP contribution in [0.3, 0.4) is 0 Å². The Kier molecular flexibility index (Phi) is 3.94. The van der Waals surface area contributed by atoms with Crippen molar-refractivity contribution in [2.75, 3.05) is 6.54 Å². The molecule has 0 aromatic heterocycles. The monoisotopic (exact) mass is 305 g/mol. The van der Waals surface area contributed by atoms with Crippen LogP contribution in [0.5, 0.6) is 0 Å². The molecule has 0 fully saturated rings. The van der Waals surface area contributed by atoms with Crippen molar-refractivity contribution in [3.8, 4) is 0 Å². The minimum Gasteiger partial charge on any atom is -0.478 e. The summed E-state index contributed by atoms with van der Waals surface area (Å²) in [6.45, 7) is 10.2. The fourth-order valence-electron chi connectivity index (χ4n) is 2.86. The minimum atomic E-state index is -0.973. The molecular weight excluding hydrogens is 282 g/mol. The van der Waals surface area contributed by atoms with Gasteiger partial charge in [-0.3, -0.25) is 0 Å². The van der Waals surface area contributed by atoms with Crippen LogP contribution in [0.4, 0.5) is 4.79 Å². The first-order valence-corrected chi connectivity index (χ1v) is 7.35. The van der Waals surface area contributed by atoms with Gasteiger partial charge >= 0.3 is 12.1 Å². The summed E-state index contributed by atoms with van der Waals surface area (Å²) in [7, 11) is 0. The van der Waals surface area contributed by atoms with Crippen LogP contribution in [-0.4, -0.2) is 34.2 Å². The summed E-state index contributed by atoms with van der Waals surface area (Å²) in [5, 5.41) is 9.39. The molecule has 5 heteroatoms. The molecule has 2 rings (SSSR count). The lowest BCUT2D eigenvalue weighted by Crippen LogP contribution is -2.47. The van der Waals surface area contributed by atoms with Gasteiger partial charge in [-0.25, -0.2) is 9.59 Å². The van der Waals surface area contributed by atoms with Crippen LogP contribution >= 0.6 is 0 Å². The van der Waals surface area contributed by atoms with E-state index in [4.69, 9.17) is 4.74 Å². The Morgan fingerprint density at radius 3 is 2.45 bits per heavy atom. The highest BCUT2D eigenvalue weighted by atomic mass is 16.6. The summed E-state index contributed by atoms with van der Waals surface area (Å²) in [6, 6.07) is 5.28. The van der Waals surface area contributed by atoms with Crippen molar-refractivity contribution >= 4 is 12.1 Å². The van der Waals surface area contributed by atoms with Crippen molar-refractivity contribution in [2.24, 2.45) is 0 Å². The molecule has 1 amide bonds. The molecule has 0 atom stereocenters. The lowest BCUT2D eigenvalue weighted by atomic mass is 9.77. The first-order chi connectivity index (χ1) is 10.0. The van der Waals surface area contributed by atoms with Crippen LogP contribution in [0.1, 0.15) is 56.1 Å². The fraction of sp³-hybridized carbons (Fsp3) is 0.529. The van der Waals surface area contributed by atoms with Crippen molar-refractivity contribution in [3.05, 3.63) is 34.9 Å². The summed E-state index contributed by atoms with van der Waals surface area (Å²) in [5.41, 5.74) is 1.02. The van der Waals surface area contributed by atoms with Gasteiger partial charge in [-0.1, -0.05) is 26.0 Å². The van der Waals surface area contributed by atoms with Crippen molar-refractivity contribution in [1.82, 2.24) is 4.90 Å². The van der Waals surface area contributed by atoms with E-state index < -0.39 is 17.7 Å². The fourth-order valence-corrected chi connectivity index (χ4v) is 2.86. The van der Waals surface area contributed by atoms with Crippen LogP contribution in [0.25, 0.3) is 0 Å². The molecule has 1 aliphatic heterocycles. The highest BCUT2D eigenvalue weighted by Gasteiger charge is 2.37. The Balaban J connectivity index is 2.40. The zero-order valence-electron chi connectivity index (χ0n) is 13.8. The summed E-state index contributed by atoms with van der Waals surface area (Å²) >= 11 is 0. The van der Waals surface area contributed by atoms with Crippen LogP contribution < -0.4 is 0 Å². The molecule has 1 aromatic rings. The number of carboxylic acid groups (broad SMARTS) is 1.